The fourth-order valence-corrected chi connectivity index (χ4v) is 1.83. The molecule has 17 heavy (non-hydrogen) atoms. The summed E-state index contributed by atoms with van der Waals surface area (Å²) in [5.74, 6) is 0. The molecule has 0 aliphatic heterocycles. The van der Waals surface area contributed by atoms with Crippen molar-refractivity contribution in [3.8, 4) is 6.07 Å². The maximum Gasteiger partial charge on any atom is 0.262 e. The van der Waals surface area contributed by atoms with Gasteiger partial charge in [-0.05, 0) is 24.3 Å². The first kappa shape index (κ1) is 13.6. The summed E-state index contributed by atoms with van der Waals surface area (Å²) in [5, 5.41) is 8.58. The summed E-state index contributed by atoms with van der Waals surface area (Å²) in [6, 6.07) is 7.41. The van der Waals surface area contributed by atoms with E-state index in [-0.39, 0.29) is 18.1 Å². The Bertz CT molecular complexity index is 490. The lowest BCUT2D eigenvalue weighted by atomic mass is 10.2. The SMILES string of the molecule is COCCONS(=O)(=O)c1ccc(C#N)cc1. The topological polar surface area (TPSA) is 88.4 Å². The Kier molecular flexibility index (Phi) is 5.06. The lowest BCUT2D eigenvalue weighted by Crippen LogP contribution is -2.25. The van der Waals surface area contributed by atoms with Crippen LogP contribution in [-0.2, 0) is 19.6 Å². The molecule has 1 aromatic carbocycles. The first-order chi connectivity index (χ1) is 8.10. The fraction of sp³-hybridized carbons (Fsp3) is 0.300. The van der Waals surface area contributed by atoms with E-state index >= 15 is 0 Å². The molecule has 1 rings (SSSR count). The number of benzene rings is 1. The molecule has 0 bridgehead atoms. The molecule has 0 amide bonds. The van der Waals surface area contributed by atoms with Crippen molar-refractivity contribution >= 4 is 10.0 Å². The van der Waals surface area contributed by atoms with Gasteiger partial charge in [-0.15, -0.1) is 0 Å². The molecular formula is C10H12N2O4S. The van der Waals surface area contributed by atoms with Gasteiger partial charge in [-0.3, -0.25) is 4.84 Å². The molecule has 0 radical (unpaired) electrons. The molecule has 0 heterocycles. The van der Waals surface area contributed by atoms with Crippen molar-refractivity contribution in [3.05, 3.63) is 29.8 Å². The Morgan fingerprint density at radius 2 is 1.94 bits per heavy atom. The van der Waals surface area contributed by atoms with Gasteiger partial charge in [-0.2, -0.15) is 5.26 Å². The van der Waals surface area contributed by atoms with Crippen LogP contribution in [0.5, 0.6) is 0 Å². The van der Waals surface area contributed by atoms with E-state index in [0.29, 0.717) is 5.56 Å². The van der Waals surface area contributed by atoms with Crippen molar-refractivity contribution in [1.82, 2.24) is 4.89 Å². The molecule has 1 N–H and O–H groups in total. The van der Waals surface area contributed by atoms with E-state index in [1.54, 1.807) is 0 Å². The number of sulfonamides is 1. The predicted octanol–water partition coefficient (Wildman–Crippen LogP) is 0.415. The molecule has 0 unspecified atom stereocenters. The Labute approximate surface area is 99.8 Å². The summed E-state index contributed by atoms with van der Waals surface area (Å²) >= 11 is 0. The minimum absolute atomic E-state index is 0.0360. The second kappa shape index (κ2) is 6.32. The molecule has 1 aromatic rings. The second-order valence-electron chi connectivity index (χ2n) is 3.06. The van der Waals surface area contributed by atoms with Crippen LogP contribution in [0.4, 0.5) is 0 Å². The van der Waals surface area contributed by atoms with Crippen molar-refractivity contribution in [2.75, 3.05) is 20.3 Å². The molecule has 0 saturated heterocycles. The predicted molar refractivity (Wildman–Crippen MR) is 59.3 cm³/mol. The molecule has 0 aromatic heterocycles. The molecule has 7 heteroatoms. The molecule has 0 aliphatic carbocycles. The van der Waals surface area contributed by atoms with E-state index in [1.807, 2.05) is 11.0 Å². The van der Waals surface area contributed by atoms with Gasteiger partial charge in [0, 0.05) is 7.11 Å². The Morgan fingerprint density at radius 3 is 2.47 bits per heavy atom. The van der Waals surface area contributed by atoms with Gasteiger partial charge in [-0.1, -0.05) is 4.89 Å². The van der Waals surface area contributed by atoms with E-state index < -0.39 is 10.0 Å². The highest BCUT2D eigenvalue weighted by molar-refractivity contribution is 7.89. The summed E-state index contributed by atoms with van der Waals surface area (Å²) in [7, 11) is -2.22. The summed E-state index contributed by atoms with van der Waals surface area (Å²) < 4.78 is 28.0. The van der Waals surface area contributed by atoms with Crippen molar-refractivity contribution in [2.45, 2.75) is 4.90 Å². The minimum atomic E-state index is -3.70. The third-order valence-corrected chi connectivity index (χ3v) is 3.08. The zero-order chi connectivity index (χ0) is 12.7. The zero-order valence-electron chi connectivity index (χ0n) is 9.21. The monoisotopic (exact) mass is 256 g/mol. The number of rotatable bonds is 6. The highest BCUT2D eigenvalue weighted by atomic mass is 32.2. The van der Waals surface area contributed by atoms with Crippen LogP contribution in [0.2, 0.25) is 0 Å². The van der Waals surface area contributed by atoms with Gasteiger partial charge in [0.25, 0.3) is 10.0 Å². The summed E-state index contributed by atoms with van der Waals surface area (Å²) in [4.78, 5) is 6.71. The zero-order valence-corrected chi connectivity index (χ0v) is 10.0. The van der Waals surface area contributed by atoms with Crippen LogP contribution in [0.25, 0.3) is 0 Å². The number of nitrogens with zero attached hydrogens (tertiary/aromatic N) is 1. The molecule has 0 saturated carbocycles. The van der Waals surface area contributed by atoms with Crippen molar-refractivity contribution in [1.29, 1.82) is 5.26 Å². The Balaban J connectivity index is 2.66. The van der Waals surface area contributed by atoms with Crippen molar-refractivity contribution < 1.29 is 18.0 Å². The van der Waals surface area contributed by atoms with Gasteiger partial charge in [0.15, 0.2) is 0 Å². The maximum absolute atomic E-state index is 11.6. The minimum Gasteiger partial charge on any atom is -0.382 e. The van der Waals surface area contributed by atoms with E-state index in [4.69, 9.17) is 14.8 Å². The molecule has 6 nitrogen and oxygen atoms in total. The van der Waals surface area contributed by atoms with Gasteiger partial charge < -0.3 is 4.74 Å². The van der Waals surface area contributed by atoms with Crippen LogP contribution >= 0.6 is 0 Å². The van der Waals surface area contributed by atoms with Crippen LogP contribution in [0, 0.1) is 11.3 Å². The fourth-order valence-electron chi connectivity index (χ4n) is 1.00. The van der Waals surface area contributed by atoms with E-state index in [2.05, 4.69) is 0 Å². The van der Waals surface area contributed by atoms with Gasteiger partial charge in [0.2, 0.25) is 0 Å². The number of methoxy groups -OCH3 is 1. The first-order valence-corrected chi connectivity index (χ1v) is 6.21. The smallest absolute Gasteiger partial charge is 0.262 e. The number of hydrogen-bond donors (Lipinski definition) is 1. The van der Waals surface area contributed by atoms with Crippen LogP contribution in [0.3, 0.4) is 0 Å². The normalized spacial score (nSPS) is 11.1. The molecule has 92 valence electrons. The summed E-state index contributed by atoms with van der Waals surface area (Å²) in [5.41, 5.74) is 0.393. The average molecular weight is 256 g/mol. The number of ether oxygens (including phenoxy) is 1. The van der Waals surface area contributed by atoms with Gasteiger partial charge in [0.05, 0.1) is 29.7 Å². The van der Waals surface area contributed by atoms with Crippen molar-refractivity contribution in [2.24, 2.45) is 0 Å². The van der Waals surface area contributed by atoms with E-state index in [0.717, 1.165) is 0 Å². The molecule has 0 aliphatic rings. The van der Waals surface area contributed by atoms with Gasteiger partial charge in [-0.25, -0.2) is 8.42 Å². The van der Waals surface area contributed by atoms with E-state index in [1.165, 1.54) is 31.4 Å². The van der Waals surface area contributed by atoms with Crippen LogP contribution in [0.1, 0.15) is 5.56 Å². The first-order valence-electron chi connectivity index (χ1n) is 4.73. The van der Waals surface area contributed by atoms with Gasteiger partial charge >= 0.3 is 0 Å². The second-order valence-corrected chi connectivity index (χ2v) is 4.71. The van der Waals surface area contributed by atoms with Crippen molar-refractivity contribution in [3.63, 3.8) is 0 Å². The Morgan fingerprint density at radius 1 is 1.29 bits per heavy atom. The van der Waals surface area contributed by atoms with Gasteiger partial charge in [0.1, 0.15) is 0 Å². The largest absolute Gasteiger partial charge is 0.382 e. The molecule has 0 fully saturated rings. The number of hydrogen-bond acceptors (Lipinski definition) is 5. The number of nitrogens with one attached hydrogen (secondary N) is 1. The lowest BCUT2D eigenvalue weighted by Gasteiger charge is -2.06. The molecule has 0 atom stereocenters. The Hall–Kier alpha value is -1.46. The highest BCUT2D eigenvalue weighted by Gasteiger charge is 2.13. The standard InChI is InChI=1S/C10H12N2O4S/c1-15-6-7-16-12-17(13,14)10-4-2-9(8-11)3-5-10/h2-5,12H,6-7H2,1H3. The third kappa shape index (κ3) is 4.13. The van der Waals surface area contributed by atoms with E-state index in [9.17, 15) is 8.42 Å². The molecular weight excluding hydrogens is 244 g/mol. The van der Waals surface area contributed by atoms with Crippen LogP contribution in [-0.4, -0.2) is 28.7 Å². The molecule has 0 spiro atoms. The summed E-state index contributed by atoms with van der Waals surface area (Å²) in [6.07, 6.45) is 0. The maximum atomic E-state index is 11.6. The average Bonchev–Trinajstić information content (AvgIpc) is 2.35. The third-order valence-electron chi connectivity index (χ3n) is 1.85. The summed E-state index contributed by atoms with van der Waals surface area (Å²) in [6.45, 7) is 0.405. The quantitative estimate of drug-likeness (QED) is 0.588. The lowest BCUT2D eigenvalue weighted by molar-refractivity contribution is 0.0438. The number of nitriles is 1. The van der Waals surface area contributed by atoms with Crippen LogP contribution in [0.15, 0.2) is 29.2 Å². The highest BCUT2D eigenvalue weighted by Crippen LogP contribution is 2.09. The van der Waals surface area contributed by atoms with Crippen LogP contribution < -0.4 is 4.89 Å².